The molecule has 2 fully saturated rings. The van der Waals surface area contributed by atoms with Gasteiger partial charge in [0, 0.05) is 0 Å². The van der Waals surface area contributed by atoms with Crippen LogP contribution in [0, 0.1) is 59.2 Å². The minimum atomic E-state index is 0.288. The normalized spacial score (nSPS) is 31.7. The maximum absolute atomic E-state index is 7.25. The Hall–Kier alpha value is -0.560. The molecule has 2 saturated carbocycles. The van der Waals surface area contributed by atoms with Crippen molar-refractivity contribution < 1.29 is 4.74 Å². The smallest absolute Gasteiger partial charge is 0.0816 e. The van der Waals surface area contributed by atoms with E-state index in [1.807, 2.05) is 0 Å². The number of ether oxygens (including phenoxy) is 1. The number of allylic oxidation sites excluding steroid dienone is 2. The highest BCUT2D eigenvalue weighted by atomic mass is 16.5. The van der Waals surface area contributed by atoms with Crippen LogP contribution in [0.15, 0.2) is 23.3 Å². The molecule has 0 aromatic carbocycles. The maximum Gasteiger partial charge on any atom is 0.0816 e. The van der Waals surface area contributed by atoms with Gasteiger partial charge < -0.3 is 4.74 Å². The van der Waals surface area contributed by atoms with Gasteiger partial charge in [-0.1, -0.05) is 119 Å². The highest BCUT2D eigenvalue weighted by Gasteiger charge is 2.36. The van der Waals surface area contributed by atoms with Crippen LogP contribution in [0.4, 0.5) is 0 Å². The van der Waals surface area contributed by atoms with E-state index in [0.29, 0.717) is 11.8 Å². The molecule has 1 nitrogen and oxygen atoms in total. The number of hydrogen-bond donors (Lipinski definition) is 0. The summed E-state index contributed by atoms with van der Waals surface area (Å²) in [5, 5.41) is 0. The van der Waals surface area contributed by atoms with Crippen LogP contribution < -0.4 is 0 Å². The Balaban J connectivity index is 1.28. The van der Waals surface area contributed by atoms with Gasteiger partial charge in [-0.05, 0) is 160 Å². The molecular weight excluding hydrogens is 569 g/mol. The summed E-state index contributed by atoms with van der Waals surface area (Å²) in [4.78, 5) is 0. The van der Waals surface area contributed by atoms with Crippen LogP contribution in [0.1, 0.15) is 197 Å². The van der Waals surface area contributed by atoms with Crippen LogP contribution in [0.5, 0.6) is 0 Å². The number of hydrogen-bond acceptors (Lipinski definition) is 1. The Morgan fingerprint density at radius 3 is 1.19 bits per heavy atom. The predicted octanol–water partition coefficient (Wildman–Crippen LogP) is 14.6. The van der Waals surface area contributed by atoms with E-state index >= 15 is 0 Å². The van der Waals surface area contributed by atoms with E-state index < -0.39 is 0 Å². The van der Waals surface area contributed by atoms with Gasteiger partial charge in [-0.3, -0.25) is 0 Å². The van der Waals surface area contributed by atoms with E-state index in [2.05, 4.69) is 67.5 Å². The predicted molar refractivity (Wildman–Crippen MR) is 207 cm³/mol. The Morgan fingerprint density at radius 2 is 0.915 bits per heavy atom. The Morgan fingerprint density at radius 1 is 0.532 bits per heavy atom. The Bertz CT molecular complexity index is 835. The van der Waals surface area contributed by atoms with E-state index in [1.54, 1.807) is 11.1 Å². The first-order valence-electron chi connectivity index (χ1n) is 21.8. The van der Waals surface area contributed by atoms with Gasteiger partial charge in [0.2, 0.25) is 0 Å². The van der Waals surface area contributed by atoms with Crippen molar-refractivity contribution in [2.45, 2.75) is 209 Å². The molecule has 4 aliphatic rings. The van der Waals surface area contributed by atoms with Crippen molar-refractivity contribution in [1.29, 1.82) is 0 Å². The van der Waals surface area contributed by atoms with Crippen LogP contribution >= 0.6 is 0 Å². The van der Waals surface area contributed by atoms with Crippen molar-refractivity contribution in [2.24, 2.45) is 59.2 Å². The Kier molecular flexibility index (Phi) is 17.0. The molecule has 0 amide bonds. The summed E-state index contributed by atoms with van der Waals surface area (Å²) in [6.07, 6.45) is 37.2. The van der Waals surface area contributed by atoms with Crippen molar-refractivity contribution in [1.82, 2.24) is 0 Å². The molecule has 0 spiro atoms. The lowest BCUT2D eigenvalue weighted by atomic mass is 9.67. The van der Waals surface area contributed by atoms with Crippen LogP contribution in [0.2, 0.25) is 0 Å². The first kappa shape index (κ1) is 39.2. The van der Waals surface area contributed by atoms with Gasteiger partial charge in [0.25, 0.3) is 0 Å². The highest BCUT2D eigenvalue weighted by molar-refractivity contribution is 5.18. The fourth-order valence-electron chi connectivity index (χ4n) is 11.3. The minimum Gasteiger partial charge on any atom is -0.366 e. The summed E-state index contributed by atoms with van der Waals surface area (Å²) in [6.45, 7) is 19.2. The molecule has 0 saturated heterocycles. The molecule has 6 atom stereocenters. The molecule has 272 valence electrons. The minimum absolute atomic E-state index is 0.288. The summed E-state index contributed by atoms with van der Waals surface area (Å²) in [7, 11) is 0. The van der Waals surface area contributed by atoms with E-state index in [4.69, 9.17) is 4.74 Å². The third-order valence-electron chi connectivity index (χ3n) is 14.4. The fourth-order valence-corrected chi connectivity index (χ4v) is 11.3. The van der Waals surface area contributed by atoms with Crippen LogP contribution in [0.25, 0.3) is 0 Å². The van der Waals surface area contributed by atoms with Crippen molar-refractivity contribution >= 4 is 0 Å². The third-order valence-corrected chi connectivity index (χ3v) is 14.4. The second-order valence-electron chi connectivity index (χ2n) is 18.1. The monoisotopic (exact) mass is 651 g/mol. The SMILES string of the molecule is CCCCC(CC)C1CCC(C2CC=C(C(OC(C3=CCC(C4CCC(C(CC)CCCC)CC4)CC3)C(C)C)C(C)C)CC2)CC1. The van der Waals surface area contributed by atoms with E-state index in [9.17, 15) is 0 Å². The molecule has 47 heavy (non-hydrogen) atoms. The lowest BCUT2D eigenvalue weighted by molar-refractivity contribution is -0.0243. The molecule has 1 heteroatoms. The van der Waals surface area contributed by atoms with Gasteiger partial charge in [-0.15, -0.1) is 0 Å². The van der Waals surface area contributed by atoms with Gasteiger partial charge >= 0.3 is 0 Å². The maximum atomic E-state index is 7.25. The van der Waals surface area contributed by atoms with E-state index in [-0.39, 0.29) is 12.2 Å². The van der Waals surface area contributed by atoms with Crippen molar-refractivity contribution in [2.75, 3.05) is 0 Å². The molecule has 6 unspecified atom stereocenters. The van der Waals surface area contributed by atoms with Gasteiger partial charge in [0.15, 0.2) is 0 Å². The molecule has 0 aromatic rings. The zero-order chi connectivity index (χ0) is 33.8. The lowest BCUT2D eigenvalue weighted by Gasteiger charge is -2.41. The highest BCUT2D eigenvalue weighted by Crippen LogP contribution is 2.46. The van der Waals surface area contributed by atoms with Gasteiger partial charge in [-0.2, -0.15) is 0 Å². The largest absolute Gasteiger partial charge is 0.366 e. The van der Waals surface area contributed by atoms with Crippen LogP contribution in [-0.2, 0) is 4.74 Å². The first-order valence-corrected chi connectivity index (χ1v) is 21.8. The summed E-state index contributed by atoms with van der Waals surface area (Å²) in [6, 6.07) is 0. The topological polar surface area (TPSA) is 9.23 Å². The molecule has 4 aliphatic carbocycles. The lowest BCUT2D eigenvalue weighted by Crippen LogP contribution is -2.35. The molecular formula is C46H82O. The summed E-state index contributed by atoms with van der Waals surface area (Å²) >= 11 is 0. The Labute approximate surface area is 295 Å². The van der Waals surface area contributed by atoms with Crippen molar-refractivity contribution in [3.8, 4) is 0 Å². The van der Waals surface area contributed by atoms with Gasteiger partial charge in [0.05, 0.1) is 12.2 Å². The average Bonchev–Trinajstić information content (AvgIpc) is 3.10. The van der Waals surface area contributed by atoms with Crippen molar-refractivity contribution in [3.63, 3.8) is 0 Å². The fraction of sp³-hybridized carbons (Fsp3) is 0.913. The van der Waals surface area contributed by atoms with E-state index in [0.717, 1.165) is 47.3 Å². The molecule has 0 aliphatic heterocycles. The molecule has 0 N–H and O–H groups in total. The zero-order valence-corrected chi connectivity index (χ0v) is 33.0. The van der Waals surface area contributed by atoms with Gasteiger partial charge in [0.1, 0.15) is 0 Å². The molecule has 4 rings (SSSR count). The quantitative estimate of drug-likeness (QED) is 0.134. The van der Waals surface area contributed by atoms with Crippen molar-refractivity contribution in [3.05, 3.63) is 23.3 Å². The van der Waals surface area contributed by atoms with Crippen LogP contribution in [0.3, 0.4) is 0 Å². The number of rotatable bonds is 18. The zero-order valence-electron chi connectivity index (χ0n) is 33.0. The standard InChI is InChI=1S/C46H82O/c1-9-13-15-35(11-3)37-17-21-39(22-18-37)41-25-29-43(30-26-41)45(33(5)6)47-46(34(7)8)44-31-27-42(28-32-44)40-23-19-38(20-24-40)36(12-4)16-14-10-2/h29,31,33-42,45-46H,9-28,30,32H2,1-8H3. The average molecular weight is 651 g/mol. The van der Waals surface area contributed by atoms with Crippen LogP contribution in [-0.4, -0.2) is 12.2 Å². The molecule has 0 bridgehead atoms. The second kappa shape index (κ2) is 20.3. The second-order valence-corrected chi connectivity index (χ2v) is 18.1. The van der Waals surface area contributed by atoms with Gasteiger partial charge in [-0.25, -0.2) is 0 Å². The summed E-state index contributed by atoms with van der Waals surface area (Å²) < 4.78 is 7.25. The summed E-state index contributed by atoms with van der Waals surface area (Å²) in [5.74, 6) is 8.87. The summed E-state index contributed by atoms with van der Waals surface area (Å²) in [5.41, 5.74) is 3.27. The molecule has 0 aromatic heterocycles. The molecule has 0 heterocycles. The van der Waals surface area contributed by atoms with E-state index in [1.165, 1.54) is 141 Å². The number of unbranched alkanes of at least 4 members (excludes halogenated alkanes) is 2. The first-order chi connectivity index (χ1) is 22.8. The molecule has 0 radical (unpaired) electrons. The third kappa shape index (κ3) is 11.2.